The number of nitrogens with zero attached hydrogens (tertiary/aromatic N) is 1. The van der Waals surface area contributed by atoms with Gasteiger partial charge in [0.25, 0.3) is 15.9 Å². The van der Waals surface area contributed by atoms with Crippen molar-refractivity contribution in [3.05, 3.63) is 65.8 Å². The number of halogens is 1. The summed E-state index contributed by atoms with van der Waals surface area (Å²) >= 11 is 5.81. The number of sulfonamides is 1. The maximum absolute atomic E-state index is 12.8. The number of nitrogens with one attached hydrogen (secondary N) is 2. The van der Waals surface area contributed by atoms with E-state index in [1.54, 1.807) is 12.1 Å². The predicted molar refractivity (Wildman–Crippen MR) is 99.7 cm³/mol. The van der Waals surface area contributed by atoms with Gasteiger partial charge in [-0.1, -0.05) is 11.6 Å². The van der Waals surface area contributed by atoms with E-state index in [2.05, 4.69) is 15.0 Å². The maximum Gasteiger partial charge on any atom is 0.277 e. The van der Waals surface area contributed by atoms with Crippen molar-refractivity contribution in [1.82, 2.24) is 4.98 Å². The normalized spacial score (nSPS) is 11.0. The molecule has 140 valence electrons. The molecule has 0 radical (unpaired) electrons. The van der Waals surface area contributed by atoms with Gasteiger partial charge in [-0.15, -0.1) is 0 Å². The van der Waals surface area contributed by atoms with Crippen LogP contribution in [0.25, 0.3) is 0 Å². The Bertz CT molecular complexity index is 1050. The van der Waals surface area contributed by atoms with Crippen molar-refractivity contribution in [2.24, 2.45) is 0 Å². The Morgan fingerprint density at radius 3 is 2.48 bits per heavy atom. The number of carbonyl (C=O) groups is 1. The molecule has 1 heterocycles. The van der Waals surface area contributed by atoms with Crippen LogP contribution in [0.5, 0.6) is 5.75 Å². The highest BCUT2D eigenvalue weighted by atomic mass is 35.5. The number of amides is 1. The Balaban J connectivity index is 1.90. The Labute approximate surface area is 160 Å². The zero-order chi connectivity index (χ0) is 19.4. The number of aromatic nitrogens is 1. The molecule has 0 spiro atoms. The predicted octanol–water partition coefficient (Wildman–Crippen LogP) is 3.39. The molecule has 0 aliphatic heterocycles. The Morgan fingerprint density at radius 2 is 1.85 bits per heavy atom. The van der Waals surface area contributed by atoms with E-state index in [0.29, 0.717) is 10.7 Å². The quantitative estimate of drug-likeness (QED) is 0.648. The lowest BCUT2D eigenvalue weighted by Gasteiger charge is -2.13. The number of methoxy groups -OCH3 is 1. The summed E-state index contributed by atoms with van der Waals surface area (Å²) < 4.78 is 37.9. The van der Waals surface area contributed by atoms with Crippen LogP contribution >= 0.6 is 11.6 Å². The summed E-state index contributed by atoms with van der Waals surface area (Å²) in [4.78, 5) is 15.7. The third kappa shape index (κ3) is 4.39. The molecule has 0 bridgehead atoms. The van der Waals surface area contributed by atoms with Crippen LogP contribution in [0.3, 0.4) is 0 Å². The summed E-state index contributed by atoms with van der Waals surface area (Å²) in [6, 6.07) is 10.4. The second-order valence-corrected chi connectivity index (χ2v) is 7.39. The summed E-state index contributed by atoms with van der Waals surface area (Å²) in [5.74, 6) is -0.418. The van der Waals surface area contributed by atoms with Crippen molar-refractivity contribution < 1.29 is 22.4 Å². The van der Waals surface area contributed by atoms with Gasteiger partial charge in [-0.3, -0.25) is 9.52 Å². The Kier molecular flexibility index (Phi) is 5.33. The van der Waals surface area contributed by atoms with E-state index in [1.807, 2.05) is 0 Å². The van der Waals surface area contributed by atoms with Gasteiger partial charge >= 0.3 is 0 Å². The molecule has 2 N–H and O–H groups in total. The molecule has 2 aromatic carbocycles. The fourth-order valence-corrected chi connectivity index (χ4v) is 3.59. The van der Waals surface area contributed by atoms with Crippen LogP contribution in [0.15, 0.2) is 64.4 Å². The molecule has 1 aromatic heterocycles. The van der Waals surface area contributed by atoms with Crippen molar-refractivity contribution in [2.45, 2.75) is 4.90 Å². The van der Waals surface area contributed by atoms with Gasteiger partial charge in [0.2, 0.25) is 0 Å². The molecule has 8 nitrogen and oxygen atoms in total. The van der Waals surface area contributed by atoms with E-state index in [9.17, 15) is 13.2 Å². The summed E-state index contributed by atoms with van der Waals surface area (Å²) in [5.41, 5.74) is 0.647. The number of ether oxygens (including phenoxy) is 1. The molecule has 0 saturated carbocycles. The van der Waals surface area contributed by atoms with Crippen LogP contribution in [0.4, 0.5) is 11.4 Å². The van der Waals surface area contributed by atoms with Gasteiger partial charge in [0.1, 0.15) is 16.9 Å². The highest BCUT2D eigenvalue weighted by Gasteiger charge is 2.21. The van der Waals surface area contributed by atoms with Crippen LogP contribution in [0.1, 0.15) is 10.5 Å². The standard InChI is InChI=1S/C17H14ClN3O5S/c1-25-15-7-6-13(20-17(22)14-9-26-10-19-14)8-16(15)27(23,24)21-12-4-2-11(18)3-5-12/h2-10,21H,1H3,(H,20,22). The van der Waals surface area contributed by atoms with Crippen molar-refractivity contribution in [2.75, 3.05) is 17.1 Å². The molecule has 0 unspecified atom stereocenters. The Morgan fingerprint density at radius 1 is 1.15 bits per heavy atom. The number of hydrogen-bond donors (Lipinski definition) is 2. The lowest BCUT2D eigenvalue weighted by atomic mass is 10.3. The Hall–Kier alpha value is -3.04. The van der Waals surface area contributed by atoms with Gasteiger partial charge in [0.15, 0.2) is 12.1 Å². The fraction of sp³-hybridized carbons (Fsp3) is 0.0588. The van der Waals surface area contributed by atoms with E-state index in [-0.39, 0.29) is 22.0 Å². The third-order valence-corrected chi connectivity index (χ3v) is 5.13. The lowest BCUT2D eigenvalue weighted by Crippen LogP contribution is -2.16. The molecule has 1 amide bonds. The van der Waals surface area contributed by atoms with Crippen molar-refractivity contribution >= 4 is 38.9 Å². The van der Waals surface area contributed by atoms with Gasteiger partial charge in [0, 0.05) is 16.4 Å². The van der Waals surface area contributed by atoms with E-state index in [0.717, 1.165) is 6.39 Å². The zero-order valence-corrected chi connectivity index (χ0v) is 15.5. The molecule has 0 atom stereocenters. The van der Waals surface area contributed by atoms with E-state index in [4.69, 9.17) is 20.8 Å². The van der Waals surface area contributed by atoms with Crippen molar-refractivity contribution in [3.63, 3.8) is 0 Å². The van der Waals surface area contributed by atoms with Crippen molar-refractivity contribution in [3.8, 4) is 5.75 Å². The number of benzene rings is 2. The molecule has 0 aliphatic carbocycles. The fourth-order valence-electron chi connectivity index (χ4n) is 2.21. The highest BCUT2D eigenvalue weighted by molar-refractivity contribution is 7.92. The topological polar surface area (TPSA) is 111 Å². The largest absolute Gasteiger partial charge is 0.495 e. The highest BCUT2D eigenvalue weighted by Crippen LogP contribution is 2.29. The molecule has 0 aliphatic rings. The van der Waals surface area contributed by atoms with Gasteiger partial charge in [-0.25, -0.2) is 13.4 Å². The second-order valence-electron chi connectivity index (χ2n) is 5.31. The van der Waals surface area contributed by atoms with Crippen LogP contribution in [-0.4, -0.2) is 26.4 Å². The van der Waals surface area contributed by atoms with Crippen LogP contribution in [0.2, 0.25) is 5.02 Å². The summed E-state index contributed by atoms with van der Waals surface area (Å²) in [6.07, 6.45) is 2.30. The SMILES string of the molecule is COc1ccc(NC(=O)c2cocn2)cc1S(=O)(=O)Nc1ccc(Cl)cc1. The van der Waals surface area contributed by atoms with Crippen molar-refractivity contribution in [1.29, 1.82) is 0 Å². The first kappa shape index (κ1) is 18.7. The average molecular weight is 408 g/mol. The first-order chi connectivity index (χ1) is 12.9. The summed E-state index contributed by atoms with van der Waals surface area (Å²) in [7, 11) is -2.63. The number of anilines is 2. The molecule has 10 heteroatoms. The number of carbonyl (C=O) groups excluding carboxylic acids is 1. The average Bonchev–Trinajstić information content (AvgIpc) is 3.18. The monoisotopic (exact) mass is 407 g/mol. The van der Waals surface area contributed by atoms with Gasteiger partial charge in [0.05, 0.1) is 7.11 Å². The molecule has 3 rings (SSSR count). The molecule has 27 heavy (non-hydrogen) atoms. The minimum Gasteiger partial charge on any atom is -0.495 e. The number of rotatable bonds is 6. The summed E-state index contributed by atoms with van der Waals surface area (Å²) in [5, 5.41) is 3.03. The lowest BCUT2D eigenvalue weighted by molar-refractivity contribution is 0.102. The minimum atomic E-state index is -3.98. The van der Waals surface area contributed by atoms with Crippen LogP contribution in [0, 0.1) is 0 Å². The second kappa shape index (κ2) is 7.68. The smallest absolute Gasteiger partial charge is 0.277 e. The first-order valence-corrected chi connectivity index (χ1v) is 9.41. The van der Waals surface area contributed by atoms with Gasteiger partial charge < -0.3 is 14.5 Å². The van der Waals surface area contributed by atoms with Crippen LogP contribution in [-0.2, 0) is 10.0 Å². The number of hydrogen-bond acceptors (Lipinski definition) is 6. The number of oxazole rings is 1. The van der Waals surface area contributed by atoms with Gasteiger partial charge in [-0.2, -0.15) is 0 Å². The molecule has 0 saturated heterocycles. The molecule has 3 aromatic rings. The minimum absolute atomic E-state index is 0.0644. The molecule has 0 fully saturated rings. The van der Waals surface area contributed by atoms with Crippen LogP contribution < -0.4 is 14.8 Å². The van der Waals surface area contributed by atoms with E-state index in [1.165, 1.54) is 43.7 Å². The van der Waals surface area contributed by atoms with Gasteiger partial charge in [-0.05, 0) is 42.5 Å². The maximum atomic E-state index is 12.8. The van der Waals surface area contributed by atoms with E-state index >= 15 is 0 Å². The zero-order valence-electron chi connectivity index (χ0n) is 14.0. The third-order valence-electron chi connectivity index (χ3n) is 3.47. The first-order valence-electron chi connectivity index (χ1n) is 7.55. The molecular formula is C17H14ClN3O5S. The summed E-state index contributed by atoms with van der Waals surface area (Å²) in [6.45, 7) is 0. The molecular weight excluding hydrogens is 394 g/mol. The van der Waals surface area contributed by atoms with E-state index < -0.39 is 15.9 Å².